The SMILES string of the molecule is CC1=NCC[C@@H](C(=O)NC2CCC(Nc3cc(C(F)(F)F)nc4ccc(Cl)cc34)CC2)C1.S. The number of hydrogen-bond acceptors (Lipinski definition) is 4. The summed E-state index contributed by atoms with van der Waals surface area (Å²) < 4.78 is 40.0. The van der Waals surface area contributed by atoms with Crippen LogP contribution in [0.2, 0.25) is 5.02 Å². The lowest BCUT2D eigenvalue weighted by molar-refractivity contribution is -0.140. The number of aliphatic imine (C=N–C) groups is 1. The number of anilines is 1. The van der Waals surface area contributed by atoms with E-state index < -0.39 is 11.9 Å². The van der Waals surface area contributed by atoms with Crippen molar-refractivity contribution in [2.45, 2.75) is 63.7 Å². The average molecular weight is 501 g/mol. The van der Waals surface area contributed by atoms with E-state index in [2.05, 4.69) is 20.6 Å². The van der Waals surface area contributed by atoms with E-state index >= 15 is 0 Å². The molecule has 2 heterocycles. The zero-order chi connectivity index (χ0) is 22.9. The molecule has 2 aliphatic rings. The molecular weight excluding hydrogens is 473 g/mol. The van der Waals surface area contributed by atoms with Crippen molar-refractivity contribution in [2.24, 2.45) is 10.9 Å². The van der Waals surface area contributed by atoms with Crippen LogP contribution >= 0.6 is 25.1 Å². The fourth-order valence-electron chi connectivity index (χ4n) is 4.54. The fraction of sp³-hybridized carbons (Fsp3) is 0.522. The first-order valence-corrected chi connectivity index (χ1v) is 11.3. The smallest absolute Gasteiger partial charge is 0.382 e. The van der Waals surface area contributed by atoms with Gasteiger partial charge in [0.25, 0.3) is 0 Å². The number of nitrogens with one attached hydrogen (secondary N) is 2. The molecule has 0 unspecified atom stereocenters. The van der Waals surface area contributed by atoms with E-state index in [4.69, 9.17) is 11.6 Å². The standard InChI is InChI=1S/C23H26ClF3N4O.H2S/c1-13-10-14(8-9-28-13)22(32)30-17-5-3-16(4-6-17)29-20-12-21(23(25,26)27)31-19-7-2-15(24)11-18(19)20;/h2,7,11-12,14,16-17H,3-6,8-10H2,1H3,(H,29,31)(H,30,32);1H2/t14-,16?,17?;/m1./s1. The van der Waals surface area contributed by atoms with Gasteiger partial charge in [0, 0.05) is 46.4 Å². The minimum Gasteiger partial charge on any atom is -0.382 e. The zero-order valence-corrected chi connectivity index (χ0v) is 20.1. The maximum Gasteiger partial charge on any atom is 0.433 e. The molecule has 0 radical (unpaired) electrons. The van der Waals surface area contributed by atoms with Gasteiger partial charge in [0.15, 0.2) is 0 Å². The molecule has 1 fully saturated rings. The largest absolute Gasteiger partial charge is 0.433 e. The lowest BCUT2D eigenvalue weighted by atomic mass is 9.89. The van der Waals surface area contributed by atoms with Crippen LogP contribution in [0.15, 0.2) is 29.3 Å². The van der Waals surface area contributed by atoms with Crippen molar-refractivity contribution in [3.63, 3.8) is 0 Å². The molecule has 0 saturated heterocycles. The minimum absolute atomic E-state index is 0. The van der Waals surface area contributed by atoms with Crippen molar-refractivity contribution in [3.8, 4) is 0 Å². The average Bonchev–Trinajstić information content (AvgIpc) is 2.74. The third-order valence-corrected chi connectivity index (χ3v) is 6.50. The van der Waals surface area contributed by atoms with Crippen LogP contribution in [0.4, 0.5) is 18.9 Å². The van der Waals surface area contributed by atoms with Crippen LogP contribution in [0.3, 0.4) is 0 Å². The second kappa shape index (κ2) is 10.5. The topological polar surface area (TPSA) is 66.4 Å². The Balaban J connectivity index is 0.00000306. The number of nitrogens with zero attached hydrogens (tertiary/aromatic N) is 2. The van der Waals surface area contributed by atoms with Crippen molar-refractivity contribution in [1.82, 2.24) is 10.3 Å². The molecule has 0 bridgehead atoms. The summed E-state index contributed by atoms with van der Waals surface area (Å²) in [7, 11) is 0. The van der Waals surface area contributed by atoms with E-state index in [1.807, 2.05) is 6.92 Å². The Morgan fingerprint density at radius 2 is 1.79 bits per heavy atom. The lowest BCUT2D eigenvalue weighted by Gasteiger charge is -2.32. The Hall–Kier alpha value is -2.00. The van der Waals surface area contributed by atoms with Crippen LogP contribution in [0.1, 0.15) is 51.1 Å². The van der Waals surface area contributed by atoms with E-state index in [1.165, 1.54) is 12.1 Å². The molecule has 2 aromatic rings. The molecule has 0 spiro atoms. The summed E-state index contributed by atoms with van der Waals surface area (Å²) in [5.41, 5.74) is 0.725. The van der Waals surface area contributed by atoms with Crippen molar-refractivity contribution in [1.29, 1.82) is 0 Å². The minimum atomic E-state index is -4.53. The van der Waals surface area contributed by atoms with Crippen LogP contribution in [0, 0.1) is 5.92 Å². The van der Waals surface area contributed by atoms with Gasteiger partial charge in [-0.25, -0.2) is 4.98 Å². The number of rotatable bonds is 4. The van der Waals surface area contributed by atoms with E-state index in [0.29, 0.717) is 29.1 Å². The molecule has 180 valence electrons. The fourth-order valence-corrected chi connectivity index (χ4v) is 4.71. The molecule has 10 heteroatoms. The Kier molecular flexibility index (Phi) is 8.16. The molecule has 4 rings (SSSR count). The summed E-state index contributed by atoms with van der Waals surface area (Å²) >= 11 is 6.08. The maximum atomic E-state index is 13.3. The third kappa shape index (κ3) is 6.32. The number of alkyl halides is 3. The number of fused-ring (bicyclic) bond motifs is 1. The summed E-state index contributed by atoms with van der Waals surface area (Å²) in [5.74, 6) is 0.0670. The molecule has 2 N–H and O–H groups in total. The molecule has 1 amide bonds. The number of halogens is 4. The van der Waals surface area contributed by atoms with Gasteiger partial charge in [0.05, 0.1) is 5.52 Å². The number of hydrogen-bond donors (Lipinski definition) is 2. The number of aromatic nitrogens is 1. The van der Waals surface area contributed by atoms with Crippen molar-refractivity contribution in [2.75, 3.05) is 11.9 Å². The van der Waals surface area contributed by atoms with E-state index in [1.54, 1.807) is 6.07 Å². The van der Waals surface area contributed by atoms with Crippen molar-refractivity contribution in [3.05, 3.63) is 35.0 Å². The van der Waals surface area contributed by atoms with Gasteiger partial charge >= 0.3 is 6.18 Å². The number of benzene rings is 1. The molecule has 1 aliphatic carbocycles. The van der Waals surface area contributed by atoms with Gasteiger partial charge in [-0.2, -0.15) is 26.7 Å². The first-order valence-electron chi connectivity index (χ1n) is 10.9. The predicted molar refractivity (Wildman–Crippen MR) is 131 cm³/mol. The van der Waals surface area contributed by atoms with Crippen molar-refractivity contribution < 1.29 is 18.0 Å². The van der Waals surface area contributed by atoms with Crippen LogP contribution in [-0.4, -0.2) is 35.2 Å². The summed E-state index contributed by atoms with van der Waals surface area (Å²) in [4.78, 5) is 20.7. The first-order chi connectivity index (χ1) is 15.2. The number of pyridine rings is 1. The molecule has 1 aliphatic heterocycles. The highest BCUT2D eigenvalue weighted by atomic mass is 35.5. The van der Waals surface area contributed by atoms with Gasteiger partial charge in [-0.15, -0.1) is 0 Å². The monoisotopic (exact) mass is 500 g/mol. The van der Waals surface area contributed by atoms with E-state index in [0.717, 1.165) is 43.9 Å². The van der Waals surface area contributed by atoms with Gasteiger partial charge in [0.1, 0.15) is 5.69 Å². The summed E-state index contributed by atoms with van der Waals surface area (Å²) in [5, 5.41) is 7.45. The Morgan fingerprint density at radius 3 is 2.45 bits per heavy atom. The van der Waals surface area contributed by atoms with E-state index in [-0.39, 0.29) is 42.9 Å². The summed E-state index contributed by atoms with van der Waals surface area (Å²) in [6.07, 6.45) is 0.0114. The molecule has 33 heavy (non-hydrogen) atoms. The molecule has 1 aromatic heterocycles. The number of carbonyl (C=O) groups excluding carboxylic acids is 1. The Bertz CT molecular complexity index is 1040. The van der Waals surface area contributed by atoms with Crippen LogP contribution in [0.5, 0.6) is 0 Å². The first kappa shape index (κ1) is 25.6. The number of amides is 1. The molecule has 1 aromatic carbocycles. The van der Waals surface area contributed by atoms with Gasteiger partial charge < -0.3 is 10.6 Å². The lowest BCUT2D eigenvalue weighted by Crippen LogP contribution is -2.43. The highest BCUT2D eigenvalue weighted by molar-refractivity contribution is 7.59. The van der Waals surface area contributed by atoms with Gasteiger partial charge in [-0.3, -0.25) is 9.79 Å². The van der Waals surface area contributed by atoms with Crippen LogP contribution in [-0.2, 0) is 11.0 Å². The zero-order valence-electron chi connectivity index (χ0n) is 18.3. The number of carbonyl (C=O) groups is 1. The maximum absolute atomic E-state index is 13.3. The van der Waals surface area contributed by atoms with E-state index in [9.17, 15) is 18.0 Å². The highest BCUT2D eigenvalue weighted by Gasteiger charge is 2.34. The van der Waals surface area contributed by atoms with Gasteiger partial charge in [-0.1, -0.05) is 11.6 Å². The highest BCUT2D eigenvalue weighted by Crippen LogP contribution is 2.35. The molecule has 1 atom stereocenters. The molecular formula is C23H28ClF3N4OS. The Labute approximate surface area is 203 Å². The molecule has 1 saturated carbocycles. The van der Waals surface area contributed by atoms with Gasteiger partial charge in [0.2, 0.25) is 5.91 Å². The van der Waals surface area contributed by atoms with Crippen molar-refractivity contribution >= 4 is 53.3 Å². The predicted octanol–water partition coefficient (Wildman–Crippen LogP) is 5.73. The van der Waals surface area contributed by atoms with Gasteiger partial charge in [-0.05, 0) is 69.7 Å². The van der Waals surface area contributed by atoms with Crippen LogP contribution in [0.25, 0.3) is 10.9 Å². The second-order valence-corrected chi connectivity index (χ2v) is 9.16. The Morgan fingerprint density at radius 1 is 1.09 bits per heavy atom. The normalized spacial score (nSPS) is 23.4. The quantitative estimate of drug-likeness (QED) is 0.563. The third-order valence-electron chi connectivity index (χ3n) is 6.27. The summed E-state index contributed by atoms with van der Waals surface area (Å²) in [6, 6.07) is 5.83. The molecule has 5 nitrogen and oxygen atoms in total. The second-order valence-electron chi connectivity index (χ2n) is 8.72. The van der Waals surface area contributed by atoms with Crippen LogP contribution < -0.4 is 10.6 Å². The summed E-state index contributed by atoms with van der Waals surface area (Å²) in [6.45, 7) is 2.65.